The molecule has 0 bridgehead atoms. The number of aromatic nitrogens is 1. The number of rotatable bonds is 7. The first-order chi connectivity index (χ1) is 17.0. The molecule has 1 aliphatic heterocycles. The smallest absolute Gasteiger partial charge is 0.252 e. The Kier molecular flexibility index (Phi) is 5.60. The molecule has 2 heterocycles. The minimum absolute atomic E-state index is 0. The molecule has 35 heavy (non-hydrogen) atoms. The maximum atomic E-state index is 13.6. The number of fused-ring (bicyclic) bond motifs is 1. The lowest BCUT2D eigenvalue weighted by atomic mass is 9.93. The van der Waals surface area contributed by atoms with Gasteiger partial charge in [-0.3, -0.25) is 14.7 Å². The largest absolute Gasteiger partial charge is 0.492 e. The van der Waals surface area contributed by atoms with Gasteiger partial charge in [0.15, 0.2) is 0 Å². The number of carbonyl (C=O) groups is 1. The standard InChI is InChI=1S/C30H33N3O2.H2/c1-20-9-10-24(35-19-23-11-15-33(23)2)18-26(20)29(34)32-30(12-13-30)27-16-22(21-6-3-4-7-21)17-28-25(27)8-5-14-31-28;/h5-6,8-10,14,16-18,23H,3-4,7,11-13,15,19H2,1-2H3,(H,32,34);1H/t23-;/m0./s1. The number of carbonyl (C=O) groups excluding carboxylic acids is 1. The highest BCUT2D eigenvalue weighted by atomic mass is 16.5. The average Bonchev–Trinajstić information content (AvgIpc) is 3.42. The van der Waals surface area contributed by atoms with Crippen LogP contribution in [0, 0.1) is 6.92 Å². The van der Waals surface area contributed by atoms with Crippen molar-refractivity contribution >= 4 is 22.4 Å². The van der Waals surface area contributed by atoms with Gasteiger partial charge >= 0.3 is 0 Å². The molecule has 1 atom stereocenters. The summed E-state index contributed by atoms with van der Waals surface area (Å²) in [5, 5.41) is 4.55. The van der Waals surface area contributed by atoms with Crippen LogP contribution < -0.4 is 10.1 Å². The Labute approximate surface area is 208 Å². The molecule has 5 heteroatoms. The van der Waals surface area contributed by atoms with Crippen LogP contribution >= 0.6 is 0 Å². The van der Waals surface area contributed by atoms with Gasteiger partial charge in [0, 0.05) is 24.6 Å². The molecule has 2 fully saturated rings. The number of allylic oxidation sites excluding steroid dienone is 2. The Morgan fingerprint density at radius 3 is 2.86 bits per heavy atom. The highest BCUT2D eigenvalue weighted by Gasteiger charge is 2.47. The lowest BCUT2D eigenvalue weighted by Gasteiger charge is -2.37. The molecule has 0 spiro atoms. The second-order valence-electron chi connectivity index (χ2n) is 10.5. The number of nitrogens with zero attached hydrogens (tertiary/aromatic N) is 2. The van der Waals surface area contributed by atoms with Crippen molar-refractivity contribution in [3.63, 3.8) is 0 Å². The summed E-state index contributed by atoms with van der Waals surface area (Å²) < 4.78 is 6.05. The van der Waals surface area contributed by atoms with Crippen LogP contribution in [0.1, 0.15) is 67.0 Å². The van der Waals surface area contributed by atoms with E-state index >= 15 is 0 Å². The number of pyridine rings is 1. The van der Waals surface area contributed by atoms with Crippen LogP contribution in [0.25, 0.3) is 16.5 Å². The summed E-state index contributed by atoms with van der Waals surface area (Å²) in [6.07, 6.45) is 10.7. The zero-order chi connectivity index (χ0) is 24.0. The number of aryl methyl sites for hydroxylation is 1. The van der Waals surface area contributed by atoms with Gasteiger partial charge in [0.2, 0.25) is 0 Å². The van der Waals surface area contributed by atoms with Crippen LogP contribution in [0.4, 0.5) is 0 Å². The first-order valence-corrected chi connectivity index (χ1v) is 12.9. The zero-order valence-corrected chi connectivity index (χ0v) is 20.6. The molecule has 1 saturated carbocycles. The number of ether oxygens (including phenoxy) is 1. The summed E-state index contributed by atoms with van der Waals surface area (Å²) in [5.41, 5.74) is 6.15. The second kappa shape index (κ2) is 8.80. The molecule has 3 aliphatic rings. The fourth-order valence-electron chi connectivity index (χ4n) is 5.48. The molecule has 5 nitrogen and oxygen atoms in total. The van der Waals surface area contributed by atoms with E-state index in [1.165, 1.54) is 23.1 Å². The topological polar surface area (TPSA) is 54.5 Å². The third-order valence-electron chi connectivity index (χ3n) is 8.09. The summed E-state index contributed by atoms with van der Waals surface area (Å²) >= 11 is 0. The number of likely N-dealkylation sites (tertiary alicyclic amines) is 1. The van der Waals surface area contributed by atoms with Crippen molar-refractivity contribution in [3.05, 3.63) is 77.0 Å². The molecule has 0 radical (unpaired) electrons. The number of nitrogens with one attached hydrogen (secondary N) is 1. The molecule has 182 valence electrons. The van der Waals surface area contributed by atoms with Crippen LogP contribution in [0.5, 0.6) is 5.75 Å². The number of hydrogen-bond donors (Lipinski definition) is 1. The van der Waals surface area contributed by atoms with Gasteiger partial charge in [-0.15, -0.1) is 0 Å². The first-order valence-electron chi connectivity index (χ1n) is 12.9. The van der Waals surface area contributed by atoms with Gasteiger partial charge in [-0.1, -0.05) is 18.2 Å². The molecular formula is C30H35N3O2. The first kappa shape index (κ1) is 22.3. The fourth-order valence-corrected chi connectivity index (χ4v) is 5.48. The fraction of sp³-hybridized carbons (Fsp3) is 0.400. The predicted molar refractivity (Wildman–Crippen MR) is 142 cm³/mol. The summed E-state index contributed by atoms with van der Waals surface area (Å²) in [6.45, 7) is 3.77. The van der Waals surface area contributed by atoms with E-state index in [-0.39, 0.29) is 12.9 Å². The third-order valence-corrected chi connectivity index (χ3v) is 8.09. The number of likely N-dealkylation sites (N-methyl/N-ethyl adjacent to an activating group) is 1. The van der Waals surface area contributed by atoms with Gasteiger partial charge < -0.3 is 10.1 Å². The lowest BCUT2D eigenvalue weighted by molar-refractivity contribution is 0.0767. The lowest BCUT2D eigenvalue weighted by Crippen LogP contribution is -2.48. The molecule has 6 rings (SSSR count). The van der Waals surface area contributed by atoms with Crippen LogP contribution in [-0.2, 0) is 5.54 Å². The zero-order valence-electron chi connectivity index (χ0n) is 20.6. The van der Waals surface area contributed by atoms with Crippen molar-refractivity contribution in [2.45, 2.75) is 57.0 Å². The van der Waals surface area contributed by atoms with Crippen molar-refractivity contribution in [1.29, 1.82) is 0 Å². The molecule has 2 aromatic carbocycles. The molecule has 1 saturated heterocycles. The van der Waals surface area contributed by atoms with Gasteiger partial charge in [-0.05, 0) is 112 Å². The summed E-state index contributed by atoms with van der Waals surface area (Å²) in [7, 11) is 2.12. The van der Waals surface area contributed by atoms with Crippen LogP contribution in [0.3, 0.4) is 0 Å². The number of amides is 1. The van der Waals surface area contributed by atoms with E-state index in [9.17, 15) is 4.79 Å². The van der Waals surface area contributed by atoms with E-state index in [0.717, 1.165) is 60.9 Å². The van der Waals surface area contributed by atoms with Gasteiger partial charge in [0.05, 0.1) is 11.1 Å². The average molecular weight is 470 g/mol. The highest BCUT2D eigenvalue weighted by Crippen LogP contribution is 2.49. The molecule has 1 amide bonds. The Morgan fingerprint density at radius 1 is 1.26 bits per heavy atom. The molecule has 1 aromatic heterocycles. The van der Waals surface area contributed by atoms with Crippen molar-refractivity contribution < 1.29 is 11.0 Å². The van der Waals surface area contributed by atoms with Crippen molar-refractivity contribution in [2.24, 2.45) is 0 Å². The van der Waals surface area contributed by atoms with Crippen LogP contribution in [0.2, 0.25) is 0 Å². The van der Waals surface area contributed by atoms with Crippen molar-refractivity contribution in [3.8, 4) is 5.75 Å². The van der Waals surface area contributed by atoms with Gasteiger partial charge in [-0.2, -0.15) is 0 Å². The summed E-state index contributed by atoms with van der Waals surface area (Å²) in [6, 6.07) is 15.0. The number of benzene rings is 2. The summed E-state index contributed by atoms with van der Waals surface area (Å²) in [5.74, 6) is 0.726. The minimum atomic E-state index is -0.342. The number of hydrogen-bond acceptors (Lipinski definition) is 4. The Balaban J connectivity index is 0.00000267. The van der Waals surface area contributed by atoms with Crippen molar-refractivity contribution in [2.75, 3.05) is 20.2 Å². The maximum Gasteiger partial charge on any atom is 0.252 e. The van der Waals surface area contributed by atoms with Crippen molar-refractivity contribution in [1.82, 2.24) is 15.2 Å². The normalized spacial score (nSPS) is 20.9. The van der Waals surface area contributed by atoms with E-state index in [1.54, 1.807) is 0 Å². The summed E-state index contributed by atoms with van der Waals surface area (Å²) in [4.78, 5) is 20.5. The molecule has 0 unspecified atom stereocenters. The van der Waals surface area contributed by atoms with E-state index in [0.29, 0.717) is 18.2 Å². The Hall–Kier alpha value is -3.18. The van der Waals surface area contributed by atoms with E-state index in [1.807, 2.05) is 37.4 Å². The van der Waals surface area contributed by atoms with E-state index in [4.69, 9.17) is 4.74 Å². The Morgan fingerprint density at radius 2 is 2.14 bits per heavy atom. The Bertz CT molecular complexity index is 1330. The monoisotopic (exact) mass is 469 g/mol. The quantitative estimate of drug-likeness (QED) is 0.471. The molecule has 2 aliphatic carbocycles. The van der Waals surface area contributed by atoms with E-state index in [2.05, 4.69) is 46.5 Å². The predicted octanol–water partition coefficient (Wildman–Crippen LogP) is 5.86. The van der Waals surface area contributed by atoms with Gasteiger partial charge in [-0.25, -0.2) is 0 Å². The molecule has 1 N–H and O–H groups in total. The SMILES string of the molecule is Cc1ccc(OC[C@@H]2CCN2C)cc1C(=O)NC1(c2cc(C3=CCCC3)cc3ncccc23)CC1.[HH]. The van der Waals surface area contributed by atoms with Crippen LogP contribution in [-0.4, -0.2) is 42.0 Å². The van der Waals surface area contributed by atoms with E-state index < -0.39 is 0 Å². The maximum absolute atomic E-state index is 13.6. The minimum Gasteiger partial charge on any atom is -0.492 e. The second-order valence-corrected chi connectivity index (χ2v) is 10.5. The highest BCUT2D eigenvalue weighted by molar-refractivity contribution is 5.97. The van der Waals surface area contributed by atoms with Gasteiger partial charge in [0.1, 0.15) is 12.4 Å². The van der Waals surface area contributed by atoms with Crippen LogP contribution in [0.15, 0.2) is 54.7 Å². The van der Waals surface area contributed by atoms with Gasteiger partial charge in [0.25, 0.3) is 5.91 Å². The third kappa shape index (κ3) is 4.23. The molecule has 3 aromatic rings. The molecular weight excluding hydrogens is 434 g/mol.